The number of anilines is 1. The van der Waals surface area contributed by atoms with E-state index in [9.17, 15) is 14.7 Å². The average Bonchev–Trinajstić information content (AvgIpc) is 2.65. The van der Waals surface area contributed by atoms with Crippen LogP contribution in [0.15, 0.2) is 52.1 Å². The van der Waals surface area contributed by atoms with Gasteiger partial charge in [0.15, 0.2) is 0 Å². The van der Waals surface area contributed by atoms with E-state index in [1.54, 1.807) is 37.3 Å². The van der Waals surface area contributed by atoms with E-state index in [1.165, 1.54) is 13.2 Å². The second kappa shape index (κ2) is 8.12. The number of halogens is 2. The van der Waals surface area contributed by atoms with Crippen molar-refractivity contribution in [1.29, 1.82) is 0 Å². The molecule has 0 aromatic heterocycles. The van der Waals surface area contributed by atoms with Gasteiger partial charge in [-0.15, -0.1) is 0 Å². The third-order valence-electron chi connectivity index (χ3n) is 4.24. The van der Waals surface area contributed by atoms with Crippen molar-refractivity contribution in [2.75, 3.05) is 12.4 Å². The number of methoxy groups -OCH3 is 1. The fourth-order valence-corrected chi connectivity index (χ4v) is 3.75. The van der Waals surface area contributed by atoms with Gasteiger partial charge in [-0.1, -0.05) is 23.7 Å². The van der Waals surface area contributed by atoms with Crippen molar-refractivity contribution in [3.8, 4) is 11.5 Å². The molecule has 0 spiro atoms. The monoisotopic (exact) mass is 465 g/mol. The quantitative estimate of drug-likeness (QED) is 0.545. The highest BCUT2D eigenvalue weighted by atomic mass is 79.9. The van der Waals surface area contributed by atoms with E-state index in [1.807, 2.05) is 0 Å². The van der Waals surface area contributed by atoms with Gasteiger partial charge < -0.3 is 25.8 Å². The third kappa shape index (κ3) is 3.93. The molecule has 1 aliphatic heterocycles. The Morgan fingerprint density at radius 3 is 2.71 bits per heavy atom. The van der Waals surface area contributed by atoms with Crippen LogP contribution < -0.4 is 20.7 Å². The first kappa shape index (κ1) is 20.0. The van der Waals surface area contributed by atoms with Crippen LogP contribution in [0.25, 0.3) is 0 Å². The SMILES string of the molecule is COc1ccccc1NC(=O)C1=C(C)NC(=O)N[C@H]1c1cc(Cl)c(O)c(Br)c1. The van der Waals surface area contributed by atoms with Crippen LogP contribution in [0.4, 0.5) is 10.5 Å². The number of carbonyl (C=O) groups excluding carboxylic acids is 2. The summed E-state index contributed by atoms with van der Waals surface area (Å²) in [5.41, 5.74) is 1.74. The molecule has 0 saturated heterocycles. The van der Waals surface area contributed by atoms with E-state index in [4.69, 9.17) is 16.3 Å². The van der Waals surface area contributed by atoms with Crippen LogP contribution in [-0.2, 0) is 4.79 Å². The maximum Gasteiger partial charge on any atom is 0.319 e. The number of phenolic OH excluding ortho intramolecular Hbond substituents is 1. The molecular weight excluding hydrogens is 450 g/mol. The average molecular weight is 467 g/mol. The molecule has 28 heavy (non-hydrogen) atoms. The van der Waals surface area contributed by atoms with E-state index < -0.39 is 18.0 Å². The first-order chi connectivity index (χ1) is 13.3. The fourth-order valence-electron chi connectivity index (χ4n) is 2.93. The highest BCUT2D eigenvalue weighted by Crippen LogP contribution is 2.38. The van der Waals surface area contributed by atoms with Gasteiger partial charge in [0.1, 0.15) is 11.5 Å². The molecule has 3 amide bonds. The fraction of sp³-hybridized carbons (Fsp3) is 0.158. The van der Waals surface area contributed by atoms with Gasteiger partial charge in [-0.05, 0) is 52.7 Å². The summed E-state index contributed by atoms with van der Waals surface area (Å²) in [7, 11) is 1.51. The van der Waals surface area contributed by atoms with Crippen molar-refractivity contribution in [3.05, 3.63) is 62.7 Å². The number of phenols is 1. The number of hydrogen-bond acceptors (Lipinski definition) is 4. The van der Waals surface area contributed by atoms with Gasteiger partial charge in [0.05, 0.1) is 33.9 Å². The number of benzene rings is 2. The summed E-state index contributed by atoms with van der Waals surface area (Å²) in [5.74, 6) is -0.0277. The van der Waals surface area contributed by atoms with E-state index >= 15 is 0 Å². The van der Waals surface area contributed by atoms with E-state index in [0.717, 1.165) is 0 Å². The van der Waals surface area contributed by atoms with Crippen LogP contribution in [0.3, 0.4) is 0 Å². The summed E-state index contributed by atoms with van der Waals surface area (Å²) in [6, 6.07) is 8.89. The maximum absolute atomic E-state index is 13.1. The Hall–Kier alpha value is -2.71. The van der Waals surface area contributed by atoms with E-state index in [-0.39, 0.29) is 10.8 Å². The molecule has 0 radical (unpaired) electrons. The molecule has 7 nitrogen and oxygen atoms in total. The van der Waals surface area contributed by atoms with Crippen molar-refractivity contribution in [1.82, 2.24) is 10.6 Å². The number of carbonyl (C=O) groups is 2. The van der Waals surface area contributed by atoms with Crippen LogP contribution in [0.2, 0.25) is 5.02 Å². The number of rotatable bonds is 4. The number of hydrogen-bond donors (Lipinski definition) is 4. The lowest BCUT2D eigenvalue weighted by molar-refractivity contribution is -0.113. The van der Waals surface area contributed by atoms with Gasteiger partial charge in [-0.2, -0.15) is 0 Å². The Morgan fingerprint density at radius 1 is 1.32 bits per heavy atom. The molecule has 0 aliphatic carbocycles. The molecule has 2 aromatic rings. The predicted octanol–water partition coefficient (Wildman–Crippen LogP) is 4.08. The lowest BCUT2D eigenvalue weighted by Gasteiger charge is -2.29. The number of nitrogens with one attached hydrogen (secondary N) is 3. The lowest BCUT2D eigenvalue weighted by Crippen LogP contribution is -2.46. The second-order valence-corrected chi connectivity index (χ2v) is 7.32. The Bertz CT molecular complexity index is 970. The molecule has 0 saturated carbocycles. The Balaban J connectivity index is 2.01. The Labute approximate surface area is 174 Å². The highest BCUT2D eigenvalue weighted by molar-refractivity contribution is 9.10. The normalized spacial score (nSPS) is 16.3. The third-order valence-corrected chi connectivity index (χ3v) is 5.13. The molecular formula is C19H17BrClN3O4. The zero-order valence-electron chi connectivity index (χ0n) is 15.0. The van der Waals surface area contributed by atoms with Crippen molar-refractivity contribution in [2.24, 2.45) is 0 Å². The van der Waals surface area contributed by atoms with Crippen LogP contribution in [-0.4, -0.2) is 24.2 Å². The number of allylic oxidation sites excluding steroid dienone is 1. The number of amides is 3. The standard InChI is InChI=1S/C19H17BrClN3O4/c1-9-15(18(26)23-13-5-3-4-6-14(13)28-2)16(24-19(27)22-9)10-7-11(20)17(25)12(21)8-10/h3-8,16,25H,1-2H3,(H,23,26)(H2,22,24,27)/t16-/m0/s1. The first-order valence-electron chi connectivity index (χ1n) is 8.22. The molecule has 1 aliphatic rings. The Kier molecular flexibility index (Phi) is 5.81. The van der Waals surface area contributed by atoms with Gasteiger partial charge in [-0.25, -0.2) is 4.79 Å². The number of urea groups is 1. The molecule has 0 bridgehead atoms. The maximum atomic E-state index is 13.1. The van der Waals surface area contributed by atoms with E-state index in [0.29, 0.717) is 32.7 Å². The first-order valence-corrected chi connectivity index (χ1v) is 9.39. The lowest BCUT2D eigenvalue weighted by atomic mass is 9.94. The summed E-state index contributed by atoms with van der Waals surface area (Å²) >= 11 is 9.29. The summed E-state index contributed by atoms with van der Waals surface area (Å²) in [5, 5.41) is 18.1. The van der Waals surface area contributed by atoms with Gasteiger partial charge in [-0.3, -0.25) is 4.79 Å². The molecule has 0 unspecified atom stereocenters. The van der Waals surface area contributed by atoms with Gasteiger partial charge in [0, 0.05) is 5.70 Å². The minimum absolute atomic E-state index is 0.0966. The zero-order valence-corrected chi connectivity index (χ0v) is 17.3. The van der Waals surface area contributed by atoms with Crippen LogP contribution in [0.5, 0.6) is 11.5 Å². The number of ether oxygens (including phenoxy) is 1. The molecule has 4 N–H and O–H groups in total. The summed E-state index contributed by atoms with van der Waals surface area (Å²) in [6.45, 7) is 1.64. The molecule has 2 aromatic carbocycles. The molecule has 1 atom stereocenters. The minimum Gasteiger partial charge on any atom is -0.505 e. The summed E-state index contributed by atoms with van der Waals surface area (Å²) in [4.78, 5) is 25.1. The predicted molar refractivity (Wildman–Crippen MR) is 110 cm³/mol. The smallest absolute Gasteiger partial charge is 0.319 e. The highest BCUT2D eigenvalue weighted by Gasteiger charge is 2.32. The molecule has 146 valence electrons. The largest absolute Gasteiger partial charge is 0.505 e. The van der Waals surface area contributed by atoms with Crippen LogP contribution in [0, 0.1) is 0 Å². The zero-order chi connectivity index (χ0) is 20.4. The van der Waals surface area contributed by atoms with Crippen LogP contribution in [0.1, 0.15) is 18.5 Å². The molecule has 1 heterocycles. The van der Waals surface area contributed by atoms with Crippen molar-refractivity contribution < 1.29 is 19.4 Å². The molecule has 0 fully saturated rings. The minimum atomic E-state index is -0.766. The summed E-state index contributed by atoms with van der Waals surface area (Å²) in [6.07, 6.45) is 0. The topological polar surface area (TPSA) is 99.7 Å². The second-order valence-electron chi connectivity index (χ2n) is 6.06. The summed E-state index contributed by atoms with van der Waals surface area (Å²) < 4.78 is 5.62. The molecule has 9 heteroatoms. The van der Waals surface area contributed by atoms with Crippen molar-refractivity contribution in [3.63, 3.8) is 0 Å². The number of para-hydroxylation sites is 2. The van der Waals surface area contributed by atoms with Crippen LogP contribution >= 0.6 is 27.5 Å². The van der Waals surface area contributed by atoms with E-state index in [2.05, 4.69) is 31.9 Å². The van der Waals surface area contributed by atoms with Gasteiger partial charge in [0.2, 0.25) is 0 Å². The van der Waals surface area contributed by atoms with Crippen molar-refractivity contribution >= 4 is 45.2 Å². The number of aromatic hydroxyl groups is 1. The van der Waals surface area contributed by atoms with Gasteiger partial charge in [0.25, 0.3) is 5.91 Å². The van der Waals surface area contributed by atoms with Gasteiger partial charge >= 0.3 is 6.03 Å². The molecule has 3 rings (SSSR count). The Morgan fingerprint density at radius 2 is 2.04 bits per heavy atom. The van der Waals surface area contributed by atoms with Crippen molar-refractivity contribution in [2.45, 2.75) is 13.0 Å².